The number of carbonyl (C=O) groups is 2. The Hall–Kier alpha value is -3.88. The highest BCUT2D eigenvalue weighted by molar-refractivity contribution is 6.11. The minimum atomic E-state index is -1.22. The third kappa shape index (κ3) is 3.95. The van der Waals surface area contributed by atoms with Gasteiger partial charge in [0.15, 0.2) is 5.69 Å². The molecule has 30 heavy (non-hydrogen) atoms. The van der Waals surface area contributed by atoms with Gasteiger partial charge < -0.3 is 20.3 Å². The van der Waals surface area contributed by atoms with Crippen molar-refractivity contribution in [2.45, 2.75) is 20.8 Å². The smallest absolute Gasteiger partial charge is 0.356 e. The van der Waals surface area contributed by atoms with E-state index < -0.39 is 11.9 Å². The molecule has 1 amide bonds. The largest absolute Gasteiger partial charge is 0.476 e. The van der Waals surface area contributed by atoms with Gasteiger partial charge in [-0.15, -0.1) is 0 Å². The highest BCUT2D eigenvalue weighted by Gasteiger charge is 2.21. The van der Waals surface area contributed by atoms with Crippen molar-refractivity contribution in [3.05, 3.63) is 63.4 Å². The summed E-state index contributed by atoms with van der Waals surface area (Å²) < 4.78 is 6.46. The molecule has 0 saturated carbocycles. The van der Waals surface area contributed by atoms with Gasteiger partial charge in [0.05, 0.1) is 16.8 Å². The maximum Gasteiger partial charge on any atom is 0.356 e. The number of aromatic nitrogens is 2. The summed E-state index contributed by atoms with van der Waals surface area (Å²) in [7, 11) is 1.54. The molecule has 3 N–H and O–H groups in total. The highest BCUT2D eigenvalue weighted by atomic mass is 16.5. The fraction of sp³-hybridized carbons (Fsp3) is 0.238. The van der Waals surface area contributed by atoms with Crippen molar-refractivity contribution in [2.24, 2.45) is 7.05 Å². The topological polar surface area (TPSA) is 126 Å². The predicted molar refractivity (Wildman–Crippen MR) is 112 cm³/mol. The van der Waals surface area contributed by atoms with Crippen LogP contribution in [0.25, 0.3) is 11.1 Å². The molecule has 0 saturated heterocycles. The summed E-state index contributed by atoms with van der Waals surface area (Å²) in [5.74, 6) is -1.18. The summed E-state index contributed by atoms with van der Waals surface area (Å²) in [6, 6.07) is 8.28. The van der Waals surface area contributed by atoms with E-state index in [2.05, 4.69) is 15.6 Å². The van der Waals surface area contributed by atoms with E-state index in [-0.39, 0.29) is 22.5 Å². The van der Waals surface area contributed by atoms with Crippen LogP contribution >= 0.6 is 0 Å². The number of carboxylic acids is 1. The van der Waals surface area contributed by atoms with E-state index in [4.69, 9.17) is 4.52 Å². The van der Waals surface area contributed by atoms with Crippen LogP contribution in [0.3, 0.4) is 0 Å². The van der Waals surface area contributed by atoms with Crippen LogP contribution in [0, 0.1) is 13.8 Å². The lowest BCUT2D eigenvalue weighted by Gasteiger charge is -2.14. The summed E-state index contributed by atoms with van der Waals surface area (Å²) in [5, 5.41) is 15.1. The molecule has 0 aliphatic rings. The van der Waals surface area contributed by atoms with Crippen LogP contribution in [0.1, 0.15) is 39.2 Å². The maximum absolute atomic E-state index is 12.9. The lowest BCUT2D eigenvalue weighted by molar-refractivity contribution is 0.0691. The van der Waals surface area contributed by atoms with E-state index in [0.29, 0.717) is 34.8 Å². The van der Waals surface area contributed by atoms with Crippen LogP contribution in [0.2, 0.25) is 0 Å². The Balaban J connectivity index is 1.91. The number of pyridine rings is 1. The fourth-order valence-corrected chi connectivity index (χ4v) is 3.21. The molecule has 0 unspecified atom stereocenters. The quantitative estimate of drug-likeness (QED) is 0.570. The number of anilines is 2. The molecule has 0 fully saturated rings. The van der Waals surface area contributed by atoms with Crippen molar-refractivity contribution in [2.75, 3.05) is 17.2 Å². The Morgan fingerprint density at radius 2 is 1.87 bits per heavy atom. The van der Waals surface area contributed by atoms with Gasteiger partial charge in [0.25, 0.3) is 11.5 Å². The normalized spacial score (nSPS) is 10.7. The van der Waals surface area contributed by atoms with Crippen molar-refractivity contribution < 1.29 is 19.2 Å². The number of carboxylic acid groups (broad SMARTS) is 1. The third-order valence-corrected chi connectivity index (χ3v) is 4.51. The molecule has 0 radical (unpaired) electrons. The lowest BCUT2D eigenvalue weighted by Crippen LogP contribution is -2.19. The molecule has 0 bridgehead atoms. The summed E-state index contributed by atoms with van der Waals surface area (Å²) in [6.07, 6.45) is 0. The number of carbonyl (C=O) groups excluding carboxylic acids is 1. The lowest BCUT2D eigenvalue weighted by atomic mass is 10.1. The van der Waals surface area contributed by atoms with Crippen molar-refractivity contribution in [3.63, 3.8) is 0 Å². The second-order valence-electron chi connectivity index (χ2n) is 6.73. The van der Waals surface area contributed by atoms with Crippen molar-refractivity contribution in [1.29, 1.82) is 0 Å². The van der Waals surface area contributed by atoms with Crippen LogP contribution in [0.5, 0.6) is 0 Å². The number of nitrogens with one attached hydrogen (secondary N) is 2. The Bertz CT molecular complexity index is 1180. The highest BCUT2D eigenvalue weighted by Crippen LogP contribution is 2.25. The average molecular weight is 410 g/mol. The van der Waals surface area contributed by atoms with Crippen molar-refractivity contribution >= 4 is 23.3 Å². The minimum absolute atomic E-state index is 0.169. The Kier molecular flexibility index (Phi) is 5.72. The molecule has 3 aromatic rings. The molecule has 0 atom stereocenters. The van der Waals surface area contributed by atoms with Crippen molar-refractivity contribution in [1.82, 2.24) is 9.72 Å². The zero-order valence-corrected chi connectivity index (χ0v) is 17.1. The van der Waals surface area contributed by atoms with E-state index in [0.717, 1.165) is 4.74 Å². The number of hydrogen-bond acceptors (Lipinski definition) is 6. The predicted octanol–water partition coefficient (Wildman–Crippen LogP) is 3.04. The number of rotatable bonds is 6. The third-order valence-electron chi connectivity index (χ3n) is 4.51. The van der Waals surface area contributed by atoms with E-state index in [1.54, 1.807) is 45.0 Å². The van der Waals surface area contributed by atoms with Crippen LogP contribution in [-0.4, -0.2) is 33.3 Å². The van der Waals surface area contributed by atoms with E-state index >= 15 is 0 Å². The first-order valence-corrected chi connectivity index (χ1v) is 9.30. The molecule has 156 valence electrons. The van der Waals surface area contributed by atoms with Gasteiger partial charge in [-0.25, -0.2) is 9.78 Å². The number of benzene rings is 1. The van der Waals surface area contributed by atoms with Gasteiger partial charge in [0, 0.05) is 25.0 Å². The number of aromatic carboxylic acids is 1. The van der Waals surface area contributed by atoms with Gasteiger partial charge in [-0.2, -0.15) is 4.74 Å². The van der Waals surface area contributed by atoms with Gasteiger partial charge in [0.2, 0.25) is 0 Å². The standard InChI is InChI=1S/C21H22N4O5/c1-5-22-17-15(10-11(2)23-18(17)21(28)29)19(26)24-14-8-6-13(7-9-14)16-12(3)30-25(4)20(16)27/h6-10,22H,5H2,1-4H3,(H,24,26)(H,28,29). The Morgan fingerprint density at radius 3 is 2.40 bits per heavy atom. The number of amides is 1. The summed E-state index contributed by atoms with van der Waals surface area (Å²) in [6.45, 7) is 5.56. The number of aryl methyl sites for hydroxylation is 3. The molecular weight excluding hydrogens is 388 g/mol. The molecule has 3 rings (SSSR count). The zero-order valence-electron chi connectivity index (χ0n) is 17.1. The van der Waals surface area contributed by atoms with E-state index in [1.807, 2.05) is 0 Å². The average Bonchev–Trinajstić information content (AvgIpc) is 2.95. The molecule has 9 nitrogen and oxygen atoms in total. The summed E-state index contributed by atoms with van der Waals surface area (Å²) in [5.41, 5.74) is 1.95. The molecule has 2 aromatic heterocycles. The Labute approximate surface area is 172 Å². The Morgan fingerprint density at radius 1 is 1.20 bits per heavy atom. The first-order valence-electron chi connectivity index (χ1n) is 9.30. The van der Waals surface area contributed by atoms with E-state index in [9.17, 15) is 19.5 Å². The SMILES string of the molecule is CCNc1c(C(=O)Nc2ccc(-c3c(C)on(C)c3=O)cc2)cc(C)nc1C(=O)O. The number of hydrogen-bond donors (Lipinski definition) is 3. The monoisotopic (exact) mass is 410 g/mol. The van der Waals surface area contributed by atoms with Gasteiger partial charge in [-0.05, 0) is 44.5 Å². The second kappa shape index (κ2) is 8.24. The van der Waals surface area contributed by atoms with Gasteiger partial charge >= 0.3 is 5.97 Å². The molecular formula is C21H22N4O5. The van der Waals surface area contributed by atoms with Crippen LogP contribution in [0.4, 0.5) is 11.4 Å². The van der Waals surface area contributed by atoms with Crippen LogP contribution in [-0.2, 0) is 7.05 Å². The molecule has 1 aromatic carbocycles. The number of nitrogens with zero attached hydrogens (tertiary/aromatic N) is 2. The fourth-order valence-electron chi connectivity index (χ4n) is 3.21. The minimum Gasteiger partial charge on any atom is -0.476 e. The molecule has 9 heteroatoms. The van der Waals surface area contributed by atoms with Crippen molar-refractivity contribution in [3.8, 4) is 11.1 Å². The molecule has 0 spiro atoms. The van der Waals surface area contributed by atoms with Crippen LogP contribution < -0.4 is 16.2 Å². The van der Waals surface area contributed by atoms with Crippen LogP contribution in [0.15, 0.2) is 39.6 Å². The van der Waals surface area contributed by atoms with E-state index in [1.165, 1.54) is 13.1 Å². The second-order valence-corrected chi connectivity index (χ2v) is 6.73. The van der Waals surface area contributed by atoms with Gasteiger partial charge in [-0.1, -0.05) is 12.1 Å². The zero-order chi connectivity index (χ0) is 22.0. The first kappa shape index (κ1) is 20.8. The summed E-state index contributed by atoms with van der Waals surface area (Å²) >= 11 is 0. The molecule has 0 aliphatic heterocycles. The first-order chi connectivity index (χ1) is 14.2. The van der Waals surface area contributed by atoms with Gasteiger partial charge in [0.1, 0.15) is 5.76 Å². The summed E-state index contributed by atoms with van der Waals surface area (Å²) in [4.78, 5) is 40.6. The van der Waals surface area contributed by atoms with Gasteiger partial charge in [-0.3, -0.25) is 9.59 Å². The maximum atomic E-state index is 12.9. The molecule has 0 aliphatic carbocycles. The molecule has 2 heterocycles.